The molecular weight excluding hydrogens is 394 g/mol. The van der Waals surface area contributed by atoms with Gasteiger partial charge in [-0.1, -0.05) is 54.6 Å². The van der Waals surface area contributed by atoms with Gasteiger partial charge in [-0.3, -0.25) is 0 Å². The van der Waals surface area contributed by atoms with Crippen molar-refractivity contribution in [3.63, 3.8) is 0 Å². The summed E-state index contributed by atoms with van der Waals surface area (Å²) < 4.78 is 5.82. The van der Waals surface area contributed by atoms with Crippen LogP contribution in [0.1, 0.15) is 29.7 Å². The van der Waals surface area contributed by atoms with Crippen LogP contribution in [-0.4, -0.2) is 58.0 Å². The molecule has 1 aromatic rings. The number of aliphatic hydroxyl groups is 4. The lowest BCUT2D eigenvalue weighted by molar-refractivity contribution is -0.231. The highest BCUT2D eigenvalue weighted by atomic mass is 16.5. The first-order valence-corrected chi connectivity index (χ1v) is 10.7. The van der Waals surface area contributed by atoms with Gasteiger partial charge in [-0.05, 0) is 41.7 Å². The van der Waals surface area contributed by atoms with Crippen molar-refractivity contribution in [1.82, 2.24) is 0 Å². The number of rotatable bonds is 6. The zero-order valence-corrected chi connectivity index (χ0v) is 17.5. The third-order valence-corrected chi connectivity index (χ3v) is 5.88. The van der Waals surface area contributed by atoms with E-state index < -0.39 is 37.1 Å². The molecule has 0 saturated carbocycles. The predicted octanol–water partition coefficient (Wildman–Crippen LogP) is 2.33. The van der Waals surface area contributed by atoms with Gasteiger partial charge in [0.2, 0.25) is 0 Å². The Labute approximate surface area is 182 Å². The van der Waals surface area contributed by atoms with Gasteiger partial charge in [-0.15, -0.1) is 0 Å². The molecule has 0 spiro atoms. The van der Waals surface area contributed by atoms with Crippen molar-refractivity contribution in [3.8, 4) is 11.1 Å². The standard InChI is InChI=1S/C25H29NO5/c1-2-26-20-9-8-15(10-16-11-17-6-4-3-5-7-18(17)12-16)13-19(20)25-24(30)23(29)22(28)21(14-27)31-25/h3-9,11-13,21-30H,2,10,14H2,1H3/t21-,22-,23+,24-,25+/m1/s1. The first-order chi connectivity index (χ1) is 15.0. The van der Waals surface area contributed by atoms with Crippen molar-refractivity contribution in [2.24, 2.45) is 0 Å². The maximum absolute atomic E-state index is 10.6. The molecule has 0 aromatic heterocycles. The van der Waals surface area contributed by atoms with Gasteiger partial charge in [0.25, 0.3) is 0 Å². The highest BCUT2D eigenvalue weighted by Crippen LogP contribution is 2.37. The molecule has 0 radical (unpaired) electrons. The molecule has 164 valence electrons. The summed E-state index contributed by atoms with van der Waals surface area (Å²) in [5.74, 6) is 0. The third-order valence-electron chi connectivity index (χ3n) is 5.88. The summed E-state index contributed by atoms with van der Waals surface area (Å²) in [5.41, 5.74) is 6.05. The Morgan fingerprint density at radius 1 is 0.839 bits per heavy atom. The second kappa shape index (κ2) is 9.34. The molecule has 4 rings (SSSR count). The lowest BCUT2D eigenvalue weighted by Crippen LogP contribution is -2.55. The minimum atomic E-state index is -1.41. The Hall–Kier alpha value is -2.48. The number of benzene rings is 1. The molecule has 2 aliphatic carbocycles. The number of aliphatic hydroxyl groups excluding tert-OH is 4. The fourth-order valence-electron chi connectivity index (χ4n) is 4.28. The topological polar surface area (TPSA) is 102 Å². The molecule has 3 aliphatic rings. The minimum Gasteiger partial charge on any atom is -0.394 e. The van der Waals surface area contributed by atoms with Crippen molar-refractivity contribution < 1.29 is 25.2 Å². The van der Waals surface area contributed by atoms with Crippen LogP contribution in [0.3, 0.4) is 0 Å². The van der Waals surface area contributed by atoms with Crippen LogP contribution in [-0.2, 0) is 11.2 Å². The molecule has 5 N–H and O–H groups in total. The van der Waals surface area contributed by atoms with Gasteiger partial charge < -0.3 is 30.5 Å². The number of hydrogen-bond donors (Lipinski definition) is 5. The monoisotopic (exact) mass is 423 g/mol. The molecule has 1 aromatic carbocycles. The van der Waals surface area contributed by atoms with Crippen molar-refractivity contribution >= 4 is 5.69 Å². The number of nitrogens with one attached hydrogen (secondary N) is 1. The van der Waals surface area contributed by atoms with E-state index in [-0.39, 0.29) is 0 Å². The van der Waals surface area contributed by atoms with Crippen LogP contribution in [0, 0.1) is 0 Å². The van der Waals surface area contributed by atoms with Crippen LogP contribution in [0.2, 0.25) is 0 Å². The van der Waals surface area contributed by atoms with E-state index in [4.69, 9.17) is 4.74 Å². The molecule has 1 fully saturated rings. The molecule has 6 heteroatoms. The first kappa shape index (κ1) is 21.7. The zero-order valence-electron chi connectivity index (χ0n) is 17.5. The summed E-state index contributed by atoms with van der Waals surface area (Å²) in [6.07, 6.45) is -5.21. The molecule has 1 aliphatic heterocycles. The van der Waals surface area contributed by atoms with Crippen LogP contribution >= 0.6 is 0 Å². The summed E-state index contributed by atoms with van der Waals surface area (Å²) in [7, 11) is 0. The Balaban J connectivity index is 1.67. The quantitative estimate of drug-likeness (QED) is 0.417. The van der Waals surface area contributed by atoms with E-state index >= 15 is 0 Å². The number of fused-ring (bicyclic) bond motifs is 1. The van der Waals surface area contributed by atoms with Gasteiger partial charge in [0.15, 0.2) is 0 Å². The van der Waals surface area contributed by atoms with E-state index in [9.17, 15) is 20.4 Å². The highest BCUT2D eigenvalue weighted by molar-refractivity contribution is 5.68. The van der Waals surface area contributed by atoms with Gasteiger partial charge >= 0.3 is 0 Å². The fraction of sp³-hybridized carbons (Fsp3) is 0.360. The predicted molar refractivity (Wildman–Crippen MR) is 119 cm³/mol. The Kier molecular flexibility index (Phi) is 6.55. The smallest absolute Gasteiger partial charge is 0.114 e. The van der Waals surface area contributed by atoms with Crippen molar-refractivity contribution in [1.29, 1.82) is 0 Å². The van der Waals surface area contributed by atoms with Gasteiger partial charge in [-0.25, -0.2) is 0 Å². The van der Waals surface area contributed by atoms with Crippen LogP contribution < -0.4 is 5.32 Å². The average molecular weight is 424 g/mol. The van der Waals surface area contributed by atoms with Gasteiger partial charge in [0, 0.05) is 17.8 Å². The van der Waals surface area contributed by atoms with E-state index in [1.54, 1.807) is 0 Å². The van der Waals surface area contributed by atoms with E-state index in [0.717, 1.165) is 11.3 Å². The summed E-state index contributed by atoms with van der Waals surface area (Å²) in [6.45, 7) is 2.20. The molecule has 6 nitrogen and oxygen atoms in total. The third kappa shape index (κ3) is 4.44. The van der Waals surface area contributed by atoms with Gasteiger partial charge in [0.1, 0.15) is 30.5 Å². The largest absolute Gasteiger partial charge is 0.394 e. The van der Waals surface area contributed by atoms with Crippen LogP contribution in [0.25, 0.3) is 11.1 Å². The summed E-state index contributed by atoms with van der Waals surface area (Å²) in [4.78, 5) is 0. The molecule has 0 unspecified atom stereocenters. The van der Waals surface area contributed by atoms with Crippen molar-refractivity contribution in [3.05, 3.63) is 77.4 Å². The highest BCUT2D eigenvalue weighted by Gasteiger charge is 2.44. The summed E-state index contributed by atoms with van der Waals surface area (Å²) >= 11 is 0. The summed E-state index contributed by atoms with van der Waals surface area (Å²) in [5, 5.41) is 43.8. The number of anilines is 1. The maximum atomic E-state index is 10.6. The van der Waals surface area contributed by atoms with E-state index in [1.165, 1.54) is 16.7 Å². The van der Waals surface area contributed by atoms with Crippen LogP contribution in [0.15, 0.2) is 60.7 Å². The lowest BCUT2D eigenvalue weighted by Gasteiger charge is -2.40. The van der Waals surface area contributed by atoms with E-state index in [1.807, 2.05) is 43.3 Å². The van der Waals surface area contributed by atoms with Crippen molar-refractivity contribution in [2.75, 3.05) is 18.5 Å². The molecule has 5 atom stereocenters. The second-order valence-corrected chi connectivity index (χ2v) is 8.06. The lowest BCUT2D eigenvalue weighted by atomic mass is 9.89. The Morgan fingerprint density at radius 3 is 2.19 bits per heavy atom. The minimum absolute atomic E-state index is 0.449. The molecule has 31 heavy (non-hydrogen) atoms. The fourth-order valence-corrected chi connectivity index (χ4v) is 4.28. The Bertz CT molecular complexity index is 960. The SMILES string of the molecule is CCNc1ccc(Cc2cc3cccccc-3c2)cc1[C@@H]1O[C@H](CO)[C@@H](O)[C@H](O)[C@H]1O. The maximum Gasteiger partial charge on any atom is 0.114 e. The van der Waals surface area contributed by atoms with Crippen LogP contribution in [0.4, 0.5) is 5.69 Å². The normalized spacial score (nSPS) is 26.2. The van der Waals surface area contributed by atoms with E-state index in [2.05, 4.69) is 29.6 Å². The van der Waals surface area contributed by atoms with E-state index in [0.29, 0.717) is 18.5 Å². The molecule has 0 bridgehead atoms. The first-order valence-electron chi connectivity index (χ1n) is 10.7. The molecule has 0 amide bonds. The van der Waals surface area contributed by atoms with Gasteiger partial charge in [-0.2, -0.15) is 0 Å². The van der Waals surface area contributed by atoms with Crippen LogP contribution in [0.5, 0.6) is 0 Å². The zero-order chi connectivity index (χ0) is 22.0. The average Bonchev–Trinajstić information content (AvgIpc) is 3.01. The molecule has 1 heterocycles. The molecular formula is C25H29NO5. The summed E-state index contributed by atoms with van der Waals surface area (Å²) in [6, 6.07) is 20.5. The molecule has 1 saturated heterocycles. The number of ether oxygens (including phenoxy) is 1. The second-order valence-electron chi connectivity index (χ2n) is 8.06. The van der Waals surface area contributed by atoms with Crippen molar-refractivity contribution in [2.45, 2.75) is 43.9 Å². The van der Waals surface area contributed by atoms with Gasteiger partial charge in [0.05, 0.1) is 6.61 Å². The Morgan fingerprint density at radius 2 is 1.55 bits per heavy atom. The number of hydrogen-bond acceptors (Lipinski definition) is 6.